The second-order valence-electron chi connectivity index (χ2n) is 4.85. The molecule has 6 heteroatoms. The Hall–Kier alpha value is -2.37. The fraction of sp³-hybridized carbons (Fsp3) is 0.235. The molecular formula is C17H14F4O2. The molecule has 23 heavy (non-hydrogen) atoms. The van der Waals surface area contributed by atoms with Gasteiger partial charge in [-0.15, -0.1) is 0 Å². The highest BCUT2D eigenvalue weighted by molar-refractivity contribution is 5.95. The zero-order valence-corrected chi connectivity index (χ0v) is 12.3. The summed E-state index contributed by atoms with van der Waals surface area (Å²) in [5.74, 6) is -7.59. The molecule has 1 atom stereocenters. The van der Waals surface area contributed by atoms with Gasteiger partial charge in [-0.25, -0.2) is 13.2 Å². The normalized spacial score (nSPS) is 17.8. The Labute approximate surface area is 130 Å². The lowest BCUT2D eigenvalue weighted by molar-refractivity contribution is -0.117. The summed E-state index contributed by atoms with van der Waals surface area (Å²) in [6.45, 7) is 4.95. The van der Waals surface area contributed by atoms with Gasteiger partial charge in [0.05, 0.1) is 12.5 Å². The number of hydrogen-bond acceptors (Lipinski definition) is 2. The van der Waals surface area contributed by atoms with Crippen LogP contribution in [0.25, 0.3) is 5.57 Å². The molecule has 0 bridgehead atoms. The van der Waals surface area contributed by atoms with Crippen LogP contribution in [0.4, 0.5) is 17.6 Å². The number of rotatable bonds is 5. The van der Waals surface area contributed by atoms with E-state index in [1.54, 1.807) is 6.92 Å². The molecule has 0 saturated carbocycles. The predicted molar refractivity (Wildman–Crippen MR) is 78.1 cm³/mol. The number of carbonyl (C=O) groups excluding carboxylic acids is 1. The van der Waals surface area contributed by atoms with Gasteiger partial charge in [0.15, 0.2) is 23.2 Å². The lowest BCUT2D eigenvalue weighted by atomic mass is 9.88. The summed E-state index contributed by atoms with van der Waals surface area (Å²) in [6, 6.07) is 2.25. The molecule has 1 aliphatic carbocycles. The van der Waals surface area contributed by atoms with E-state index in [4.69, 9.17) is 4.74 Å². The molecule has 0 radical (unpaired) electrons. The number of ether oxygens (including phenoxy) is 1. The smallest absolute Gasteiger partial charge is 0.201 e. The molecule has 1 aliphatic rings. The molecule has 0 fully saturated rings. The molecule has 2 nitrogen and oxygen atoms in total. The molecule has 2 rings (SSSR count). The van der Waals surface area contributed by atoms with Gasteiger partial charge in [-0.2, -0.15) is 4.39 Å². The van der Waals surface area contributed by atoms with Gasteiger partial charge >= 0.3 is 0 Å². The van der Waals surface area contributed by atoms with Crippen molar-refractivity contribution in [3.63, 3.8) is 0 Å². The van der Waals surface area contributed by atoms with Gasteiger partial charge in [-0.05, 0) is 31.6 Å². The van der Waals surface area contributed by atoms with Crippen molar-refractivity contribution in [2.75, 3.05) is 6.61 Å². The van der Waals surface area contributed by atoms with Crippen LogP contribution in [0.1, 0.15) is 18.9 Å². The Morgan fingerprint density at radius 3 is 2.61 bits per heavy atom. The molecule has 0 aliphatic heterocycles. The maximum Gasteiger partial charge on any atom is 0.201 e. The number of halogens is 4. The van der Waals surface area contributed by atoms with Crippen LogP contribution in [0.5, 0.6) is 5.75 Å². The van der Waals surface area contributed by atoms with Crippen molar-refractivity contribution in [1.29, 1.82) is 0 Å². The largest absolute Gasteiger partial charge is 0.491 e. The second kappa shape index (κ2) is 6.81. The minimum Gasteiger partial charge on any atom is -0.491 e. The van der Waals surface area contributed by atoms with Gasteiger partial charge in [-0.1, -0.05) is 12.7 Å². The molecule has 0 N–H and O–H groups in total. The van der Waals surface area contributed by atoms with Gasteiger partial charge in [0.25, 0.3) is 0 Å². The number of carbonyl (C=O) groups is 1. The Morgan fingerprint density at radius 2 is 2.00 bits per heavy atom. The third kappa shape index (κ3) is 3.06. The van der Waals surface area contributed by atoms with E-state index in [1.165, 1.54) is 6.08 Å². The van der Waals surface area contributed by atoms with E-state index in [2.05, 4.69) is 6.58 Å². The van der Waals surface area contributed by atoms with Crippen LogP contribution in [0.2, 0.25) is 0 Å². The van der Waals surface area contributed by atoms with Crippen molar-refractivity contribution >= 4 is 11.4 Å². The molecule has 0 saturated heterocycles. The topological polar surface area (TPSA) is 26.3 Å². The molecule has 0 aromatic heterocycles. The van der Waals surface area contributed by atoms with Gasteiger partial charge in [0, 0.05) is 11.1 Å². The maximum absolute atomic E-state index is 14.2. The highest BCUT2D eigenvalue weighted by atomic mass is 19.2. The summed E-state index contributed by atoms with van der Waals surface area (Å²) in [5.41, 5.74) is -0.849. The average Bonchev–Trinajstić information content (AvgIpc) is 2.54. The first-order valence-electron chi connectivity index (χ1n) is 6.95. The third-order valence-electron chi connectivity index (χ3n) is 3.49. The highest BCUT2D eigenvalue weighted by Gasteiger charge is 2.31. The standard InChI is InChI=1S/C17H14F4O2/c1-3-12(22)11-6-5-9(14(18)16(11)20)10-7-8-13(23-4-2)17(21)15(10)19/h3,5,7-8,11H,1,4,6H2,2H3. The van der Waals surface area contributed by atoms with Crippen molar-refractivity contribution in [3.05, 3.63) is 59.7 Å². The van der Waals surface area contributed by atoms with Gasteiger partial charge < -0.3 is 4.74 Å². The average molecular weight is 326 g/mol. The van der Waals surface area contributed by atoms with Crippen LogP contribution < -0.4 is 4.74 Å². The number of benzene rings is 1. The monoisotopic (exact) mass is 326 g/mol. The fourth-order valence-corrected chi connectivity index (χ4v) is 2.33. The highest BCUT2D eigenvalue weighted by Crippen LogP contribution is 2.39. The van der Waals surface area contributed by atoms with E-state index >= 15 is 0 Å². The number of ketones is 1. The molecule has 0 amide bonds. The summed E-state index contributed by atoms with van der Waals surface area (Å²) >= 11 is 0. The molecule has 1 aromatic rings. The van der Waals surface area contributed by atoms with Crippen LogP contribution in [-0.2, 0) is 4.79 Å². The van der Waals surface area contributed by atoms with Crippen LogP contribution in [0.3, 0.4) is 0 Å². The Bertz CT molecular complexity index is 720. The summed E-state index contributed by atoms with van der Waals surface area (Å²) in [5, 5.41) is 0. The van der Waals surface area contributed by atoms with E-state index in [-0.39, 0.29) is 18.8 Å². The van der Waals surface area contributed by atoms with Crippen LogP contribution in [0, 0.1) is 17.6 Å². The zero-order valence-electron chi connectivity index (χ0n) is 12.3. The Balaban J connectivity index is 2.45. The van der Waals surface area contributed by atoms with Gasteiger partial charge in [0.1, 0.15) is 5.83 Å². The van der Waals surface area contributed by atoms with E-state index in [0.717, 1.165) is 18.2 Å². The van der Waals surface area contributed by atoms with Gasteiger partial charge in [-0.3, -0.25) is 4.79 Å². The summed E-state index contributed by atoms with van der Waals surface area (Å²) < 4.78 is 61.0. The van der Waals surface area contributed by atoms with Gasteiger partial charge in [0.2, 0.25) is 5.82 Å². The SMILES string of the molecule is C=CC(=O)C1CC=C(c2ccc(OCC)c(F)c2F)C(F)=C1F. The fourth-order valence-electron chi connectivity index (χ4n) is 2.33. The van der Waals surface area contributed by atoms with E-state index in [9.17, 15) is 22.4 Å². The lowest BCUT2D eigenvalue weighted by Crippen LogP contribution is -2.16. The molecule has 0 heterocycles. The van der Waals surface area contributed by atoms with E-state index in [1.807, 2.05) is 0 Å². The Kier molecular flexibility index (Phi) is 5.03. The quantitative estimate of drug-likeness (QED) is 0.580. The lowest BCUT2D eigenvalue weighted by Gasteiger charge is -2.19. The van der Waals surface area contributed by atoms with Crippen molar-refractivity contribution in [1.82, 2.24) is 0 Å². The van der Waals surface area contributed by atoms with Crippen molar-refractivity contribution in [2.45, 2.75) is 13.3 Å². The molecule has 1 aromatic carbocycles. The first-order chi connectivity index (χ1) is 10.9. The van der Waals surface area contributed by atoms with Crippen molar-refractivity contribution in [3.8, 4) is 5.75 Å². The molecule has 0 spiro atoms. The van der Waals surface area contributed by atoms with Crippen LogP contribution >= 0.6 is 0 Å². The first-order valence-corrected chi connectivity index (χ1v) is 6.95. The van der Waals surface area contributed by atoms with Crippen LogP contribution in [0.15, 0.2) is 42.5 Å². The minimum atomic E-state index is -1.38. The third-order valence-corrected chi connectivity index (χ3v) is 3.49. The summed E-state index contributed by atoms with van der Waals surface area (Å²) in [4.78, 5) is 11.5. The molecule has 1 unspecified atom stereocenters. The van der Waals surface area contributed by atoms with Crippen molar-refractivity contribution < 1.29 is 27.1 Å². The van der Waals surface area contributed by atoms with E-state index < -0.39 is 46.1 Å². The second-order valence-corrected chi connectivity index (χ2v) is 4.85. The van der Waals surface area contributed by atoms with Crippen molar-refractivity contribution in [2.24, 2.45) is 5.92 Å². The number of allylic oxidation sites excluding steroid dienone is 5. The Morgan fingerprint density at radius 1 is 1.30 bits per heavy atom. The van der Waals surface area contributed by atoms with Crippen LogP contribution in [-0.4, -0.2) is 12.4 Å². The predicted octanol–water partition coefficient (Wildman–Crippen LogP) is 4.67. The van der Waals surface area contributed by atoms with E-state index in [0.29, 0.717) is 0 Å². The first kappa shape index (κ1) is 17.0. The number of hydrogen-bond donors (Lipinski definition) is 0. The summed E-state index contributed by atoms with van der Waals surface area (Å²) in [6.07, 6.45) is 1.91. The summed E-state index contributed by atoms with van der Waals surface area (Å²) in [7, 11) is 0. The molecular weight excluding hydrogens is 312 g/mol. The zero-order chi connectivity index (χ0) is 17.1. The minimum absolute atomic E-state index is 0.132. The molecule has 122 valence electrons. The maximum atomic E-state index is 14.2.